The van der Waals surface area contributed by atoms with Crippen LogP contribution in [0.25, 0.3) is 0 Å². The molecule has 2 rings (SSSR count). The Kier molecular flexibility index (Phi) is 4.33. The first-order valence-corrected chi connectivity index (χ1v) is 6.35. The average molecular weight is 287 g/mol. The maximum atomic E-state index is 11.4. The Balaban J connectivity index is 2.32. The van der Waals surface area contributed by atoms with Crippen LogP contribution in [0.1, 0.15) is 15.9 Å². The van der Waals surface area contributed by atoms with E-state index in [0.717, 1.165) is 5.56 Å². The maximum absolute atomic E-state index is 11.4. The summed E-state index contributed by atoms with van der Waals surface area (Å²) in [6.07, 6.45) is 0. The van der Waals surface area contributed by atoms with E-state index < -0.39 is 5.97 Å². The predicted molar refractivity (Wildman–Crippen MR) is 80.0 cm³/mol. The second-order valence-corrected chi connectivity index (χ2v) is 4.50. The van der Waals surface area contributed by atoms with E-state index in [1.54, 1.807) is 19.2 Å². The number of nitrogens with two attached hydrogens (primary N) is 1. The van der Waals surface area contributed by atoms with E-state index in [1.165, 1.54) is 13.2 Å². The van der Waals surface area contributed by atoms with E-state index in [2.05, 4.69) is 4.74 Å². The zero-order chi connectivity index (χ0) is 15.4. The molecule has 0 amide bonds. The van der Waals surface area contributed by atoms with E-state index in [9.17, 15) is 4.79 Å². The van der Waals surface area contributed by atoms with Crippen molar-refractivity contribution >= 4 is 11.7 Å². The van der Waals surface area contributed by atoms with Crippen molar-refractivity contribution in [2.24, 2.45) is 0 Å². The molecule has 0 aliphatic rings. The maximum Gasteiger partial charge on any atom is 0.337 e. The third kappa shape index (κ3) is 3.25. The third-order valence-corrected chi connectivity index (χ3v) is 2.97. The van der Waals surface area contributed by atoms with Gasteiger partial charge in [-0.1, -0.05) is 6.07 Å². The normalized spacial score (nSPS) is 10.0. The molecule has 110 valence electrons. The highest BCUT2D eigenvalue weighted by atomic mass is 16.5. The van der Waals surface area contributed by atoms with Gasteiger partial charge in [0.15, 0.2) is 17.2 Å². The Morgan fingerprint density at radius 2 is 1.71 bits per heavy atom. The van der Waals surface area contributed by atoms with Gasteiger partial charge < -0.3 is 19.9 Å². The van der Waals surface area contributed by atoms with Crippen molar-refractivity contribution in [1.29, 1.82) is 0 Å². The minimum atomic E-state index is -0.443. The van der Waals surface area contributed by atoms with Crippen LogP contribution in [0.15, 0.2) is 36.4 Å². The Morgan fingerprint density at radius 1 is 1.00 bits per heavy atom. The molecule has 2 N–H and O–H groups in total. The van der Waals surface area contributed by atoms with Gasteiger partial charge in [-0.2, -0.15) is 0 Å². The highest BCUT2D eigenvalue weighted by Crippen LogP contribution is 2.35. The molecule has 2 aromatic carbocycles. The first-order chi connectivity index (χ1) is 10.0. The number of ether oxygens (including phenoxy) is 3. The lowest BCUT2D eigenvalue weighted by Crippen LogP contribution is -2.03. The fraction of sp³-hybridized carbons (Fsp3) is 0.188. The van der Waals surface area contributed by atoms with Crippen molar-refractivity contribution < 1.29 is 19.0 Å². The average Bonchev–Trinajstić information content (AvgIpc) is 2.48. The van der Waals surface area contributed by atoms with Gasteiger partial charge in [0, 0.05) is 0 Å². The topological polar surface area (TPSA) is 70.8 Å². The Hall–Kier alpha value is -2.69. The minimum Gasteiger partial charge on any atom is -0.493 e. The smallest absolute Gasteiger partial charge is 0.337 e. The summed E-state index contributed by atoms with van der Waals surface area (Å²) in [6, 6.07) is 10.3. The lowest BCUT2D eigenvalue weighted by molar-refractivity contribution is 0.0601. The van der Waals surface area contributed by atoms with Gasteiger partial charge in [-0.15, -0.1) is 0 Å². The Bertz CT molecular complexity index is 667. The number of esters is 1. The van der Waals surface area contributed by atoms with Gasteiger partial charge in [-0.05, 0) is 42.8 Å². The van der Waals surface area contributed by atoms with E-state index in [0.29, 0.717) is 28.5 Å². The van der Waals surface area contributed by atoms with Crippen LogP contribution in [0.5, 0.6) is 17.2 Å². The Labute approximate surface area is 123 Å². The molecule has 5 nitrogen and oxygen atoms in total. The fourth-order valence-corrected chi connectivity index (χ4v) is 1.87. The molecule has 0 aliphatic carbocycles. The summed E-state index contributed by atoms with van der Waals surface area (Å²) in [4.78, 5) is 11.4. The number of hydrogen-bond acceptors (Lipinski definition) is 5. The highest BCUT2D eigenvalue weighted by Gasteiger charge is 2.11. The number of methoxy groups -OCH3 is 2. The van der Waals surface area contributed by atoms with Crippen LogP contribution in [0, 0.1) is 6.92 Å². The van der Waals surface area contributed by atoms with Gasteiger partial charge in [0.25, 0.3) is 0 Å². The molecule has 0 aromatic heterocycles. The van der Waals surface area contributed by atoms with Crippen LogP contribution in [-0.4, -0.2) is 20.2 Å². The molecule has 0 bridgehead atoms. The van der Waals surface area contributed by atoms with Gasteiger partial charge in [-0.25, -0.2) is 4.79 Å². The first-order valence-electron chi connectivity index (χ1n) is 6.35. The van der Waals surface area contributed by atoms with Crippen LogP contribution in [0.3, 0.4) is 0 Å². The molecule has 2 aromatic rings. The van der Waals surface area contributed by atoms with Crippen molar-refractivity contribution in [3.8, 4) is 17.2 Å². The number of carbonyl (C=O) groups is 1. The summed E-state index contributed by atoms with van der Waals surface area (Å²) in [5, 5.41) is 0. The molecule has 0 unspecified atom stereocenters. The molecule has 0 radical (unpaired) electrons. The van der Waals surface area contributed by atoms with Crippen molar-refractivity contribution in [3.05, 3.63) is 47.5 Å². The number of rotatable bonds is 4. The lowest BCUT2D eigenvalue weighted by Gasteiger charge is -2.13. The number of carbonyl (C=O) groups excluding carboxylic acids is 1. The van der Waals surface area contributed by atoms with Crippen LogP contribution in [-0.2, 0) is 4.74 Å². The van der Waals surface area contributed by atoms with E-state index in [4.69, 9.17) is 15.2 Å². The standard InChI is InChI=1S/C16H17NO4/c1-10-4-6-14(19-2)15(8-10)21-13-7-5-11(9-12(13)17)16(18)20-3/h4-9H,17H2,1-3H3. The Morgan fingerprint density at radius 3 is 2.33 bits per heavy atom. The fourth-order valence-electron chi connectivity index (χ4n) is 1.87. The zero-order valence-electron chi connectivity index (χ0n) is 12.2. The summed E-state index contributed by atoms with van der Waals surface area (Å²) in [5.41, 5.74) is 7.68. The second-order valence-electron chi connectivity index (χ2n) is 4.50. The molecular weight excluding hydrogens is 270 g/mol. The van der Waals surface area contributed by atoms with Gasteiger partial charge in [0.05, 0.1) is 25.5 Å². The van der Waals surface area contributed by atoms with Crippen LogP contribution < -0.4 is 15.2 Å². The lowest BCUT2D eigenvalue weighted by atomic mass is 10.2. The van der Waals surface area contributed by atoms with Gasteiger partial charge in [0.2, 0.25) is 0 Å². The molecule has 0 aliphatic heterocycles. The highest BCUT2D eigenvalue weighted by molar-refractivity contribution is 5.90. The molecule has 21 heavy (non-hydrogen) atoms. The zero-order valence-corrected chi connectivity index (χ0v) is 12.2. The number of hydrogen-bond donors (Lipinski definition) is 1. The van der Waals surface area contributed by atoms with Crippen molar-refractivity contribution in [2.45, 2.75) is 6.92 Å². The molecule has 0 fully saturated rings. The monoisotopic (exact) mass is 287 g/mol. The molecule has 0 spiro atoms. The summed E-state index contributed by atoms with van der Waals surface area (Å²) in [5.74, 6) is 1.18. The molecule has 0 heterocycles. The molecule has 0 atom stereocenters. The van der Waals surface area contributed by atoms with Gasteiger partial charge >= 0.3 is 5.97 Å². The minimum absolute atomic E-state index is 0.349. The number of benzene rings is 2. The summed E-state index contributed by atoms with van der Waals surface area (Å²) < 4.78 is 15.7. The number of aryl methyl sites for hydroxylation is 1. The molecular formula is C16H17NO4. The van der Waals surface area contributed by atoms with Crippen LogP contribution >= 0.6 is 0 Å². The van der Waals surface area contributed by atoms with Crippen molar-refractivity contribution in [1.82, 2.24) is 0 Å². The number of nitrogen functional groups attached to an aromatic ring is 1. The quantitative estimate of drug-likeness (QED) is 0.691. The number of anilines is 1. The third-order valence-electron chi connectivity index (χ3n) is 2.97. The van der Waals surface area contributed by atoms with Gasteiger partial charge in [0.1, 0.15) is 0 Å². The van der Waals surface area contributed by atoms with Crippen molar-refractivity contribution in [2.75, 3.05) is 20.0 Å². The summed E-state index contributed by atoms with van der Waals surface area (Å²) in [6.45, 7) is 1.95. The predicted octanol–water partition coefficient (Wildman–Crippen LogP) is 3.16. The summed E-state index contributed by atoms with van der Waals surface area (Å²) >= 11 is 0. The van der Waals surface area contributed by atoms with E-state index >= 15 is 0 Å². The largest absolute Gasteiger partial charge is 0.493 e. The van der Waals surface area contributed by atoms with Crippen LogP contribution in [0.2, 0.25) is 0 Å². The first kappa shape index (κ1) is 14.7. The molecule has 0 saturated heterocycles. The summed E-state index contributed by atoms with van der Waals surface area (Å²) in [7, 11) is 2.89. The van der Waals surface area contributed by atoms with E-state index in [1.807, 2.05) is 25.1 Å². The molecule has 5 heteroatoms. The van der Waals surface area contributed by atoms with E-state index in [-0.39, 0.29) is 0 Å². The SMILES string of the molecule is COC(=O)c1ccc(Oc2cc(C)ccc2OC)c(N)c1. The van der Waals surface area contributed by atoms with Crippen molar-refractivity contribution in [3.63, 3.8) is 0 Å². The van der Waals surface area contributed by atoms with Gasteiger partial charge in [-0.3, -0.25) is 0 Å². The molecule has 0 saturated carbocycles. The van der Waals surface area contributed by atoms with Crippen LogP contribution in [0.4, 0.5) is 5.69 Å². The second kappa shape index (κ2) is 6.17.